The summed E-state index contributed by atoms with van der Waals surface area (Å²) < 4.78 is 0. The second kappa shape index (κ2) is 5.98. The molecule has 1 atom stereocenters. The SMILES string of the molecule is NCCc1ccc(C(=O)NCC(O)C2CC2)cc1. The van der Waals surface area contributed by atoms with E-state index in [1.807, 2.05) is 12.1 Å². The minimum absolute atomic E-state index is 0.131. The van der Waals surface area contributed by atoms with Crippen molar-refractivity contribution < 1.29 is 9.90 Å². The fourth-order valence-corrected chi connectivity index (χ4v) is 1.94. The van der Waals surface area contributed by atoms with E-state index in [-0.39, 0.29) is 5.91 Å². The molecule has 0 saturated heterocycles. The van der Waals surface area contributed by atoms with Gasteiger partial charge in [-0.2, -0.15) is 0 Å². The van der Waals surface area contributed by atoms with Gasteiger partial charge >= 0.3 is 0 Å². The van der Waals surface area contributed by atoms with E-state index in [1.165, 1.54) is 0 Å². The van der Waals surface area contributed by atoms with Crippen LogP contribution in [0.25, 0.3) is 0 Å². The van der Waals surface area contributed by atoms with E-state index in [0.717, 1.165) is 24.8 Å². The molecule has 1 amide bonds. The highest BCUT2D eigenvalue weighted by Gasteiger charge is 2.29. The Bertz CT molecular complexity index is 399. The highest BCUT2D eigenvalue weighted by Crippen LogP contribution is 2.32. The van der Waals surface area contributed by atoms with Crippen LogP contribution in [0, 0.1) is 5.92 Å². The van der Waals surface area contributed by atoms with Gasteiger partial charge in [0, 0.05) is 12.1 Å². The van der Waals surface area contributed by atoms with Crippen molar-refractivity contribution in [2.24, 2.45) is 11.7 Å². The molecular formula is C14H20N2O2. The fraction of sp³-hybridized carbons (Fsp3) is 0.500. The molecule has 0 heterocycles. The first-order chi connectivity index (χ1) is 8.70. The maximum atomic E-state index is 11.8. The van der Waals surface area contributed by atoms with Gasteiger partial charge in [-0.15, -0.1) is 0 Å². The number of aliphatic hydroxyl groups is 1. The van der Waals surface area contributed by atoms with Crippen LogP contribution in [0.1, 0.15) is 28.8 Å². The molecule has 18 heavy (non-hydrogen) atoms. The maximum Gasteiger partial charge on any atom is 0.251 e. The third-order valence-electron chi connectivity index (χ3n) is 3.29. The van der Waals surface area contributed by atoms with Crippen molar-refractivity contribution in [3.8, 4) is 0 Å². The van der Waals surface area contributed by atoms with Gasteiger partial charge in [-0.05, 0) is 49.4 Å². The molecule has 98 valence electrons. The summed E-state index contributed by atoms with van der Waals surface area (Å²) >= 11 is 0. The zero-order valence-corrected chi connectivity index (χ0v) is 10.4. The number of benzene rings is 1. The number of aliphatic hydroxyl groups excluding tert-OH is 1. The number of rotatable bonds is 6. The van der Waals surface area contributed by atoms with Gasteiger partial charge in [0.25, 0.3) is 5.91 Å². The van der Waals surface area contributed by atoms with Crippen LogP contribution in [0.2, 0.25) is 0 Å². The zero-order valence-electron chi connectivity index (χ0n) is 10.4. The van der Waals surface area contributed by atoms with E-state index in [0.29, 0.717) is 24.6 Å². The van der Waals surface area contributed by atoms with Gasteiger partial charge in [-0.1, -0.05) is 12.1 Å². The zero-order chi connectivity index (χ0) is 13.0. The molecule has 1 fully saturated rings. The fourth-order valence-electron chi connectivity index (χ4n) is 1.94. The van der Waals surface area contributed by atoms with Crippen LogP contribution in [0.5, 0.6) is 0 Å². The first-order valence-electron chi connectivity index (χ1n) is 6.46. The molecule has 4 nitrogen and oxygen atoms in total. The average molecular weight is 248 g/mol. The molecule has 4 heteroatoms. The molecule has 0 radical (unpaired) electrons. The first-order valence-corrected chi connectivity index (χ1v) is 6.46. The van der Waals surface area contributed by atoms with E-state index in [9.17, 15) is 9.90 Å². The molecule has 0 aromatic heterocycles. The quantitative estimate of drug-likeness (QED) is 0.693. The third kappa shape index (κ3) is 3.55. The van der Waals surface area contributed by atoms with Crippen LogP contribution in [0.15, 0.2) is 24.3 Å². The number of amides is 1. The van der Waals surface area contributed by atoms with Crippen molar-refractivity contribution in [2.45, 2.75) is 25.4 Å². The Balaban J connectivity index is 1.83. The summed E-state index contributed by atoms with van der Waals surface area (Å²) in [5.74, 6) is 0.256. The van der Waals surface area contributed by atoms with Crippen molar-refractivity contribution in [3.63, 3.8) is 0 Å². The van der Waals surface area contributed by atoms with Crippen molar-refractivity contribution in [1.29, 1.82) is 0 Å². The Kier molecular flexibility index (Phi) is 4.33. The lowest BCUT2D eigenvalue weighted by molar-refractivity contribution is 0.0901. The molecule has 0 aliphatic heterocycles. The van der Waals surface area contributed by atoms with Crippen LogP contribution in [-0.2, 0) is 6.42 Å². The van der Waals surface area contributed by atoms with Gasteiger partial charge in [0.15, 0.2) is 0 Å². The number of nitrogens with two attached hydrogens (primary N) is 1. The maximum absolute atomic E-state index is 11.8. The lowest BCUT2D eigenvalue weighted by Crippen LogP contribution is -2.33. The molecule has 2 rings (SSSR count). The summed E-state index contributed by atoms with van der Waals surface area (Å²) in [4.78, 5) is 11.8. The Morgan fingerprint density at radius 1 is 1.39 bits per heavy atom. The predicted octanol–water partition coefficient (Wildman–Crippen LogP) is 0.688. The van der Waals surface area contributed by atoms with E-state index in [1.54, 1.807) is 12.1 Å². The van der Waals surface area contributed by atoms with E-state index in [4.69, 9.17) is 5.73 Å². The number of hydrogen-bond acceptors (Lipinski definition) is 3. The molecule has 1 unspecified atom stereocenters. The molecular weight excluding hydrogens is 228 g/mol. The summed E-state index contributed by atoms with van der Waals surface area (Å²) in [6.45, 7) is 0.952. The van der Waals surface area contributed by atoms with Gasteiger partial charge in [0.05, 0.1) is 6.10 Å². The highest BCUT2D eigenvalue weighted by molar-refractivity contribution is 5.94. The summed E-state index contributed by atoms with van der Waals surface area (Å²) in [6, 6.07) is 7.42. The summed E-state index contributed by atoms with van der Waals surface area (Å²) in [5.41, 5.74) is 7.22. The standard InChI is InChI=1S/C14H20N2O2/c15-8-7-10-1-3-12(4-2-10)14(18)16-9-13(17)11-5-6-11/h1-4,11,13,17H,5-9,15H2,(H,16,18). The topological polar surface area (TPSA) is 75.4 Å². The Morgan fingerprint density at radius 3 is 2.61 bits per heavy atom. The van der Waals surface area contributed by atoms with E-state index < -0.39 is 6.10 Å². The van der Waals surface area contributed by atoms with Crippen LogP contribution in [-0.4, -0.2) is 30.2 Å². The molecule has 1 saturated carbocycles. The number of nitrogens with one attached hydrogen (secondary N) is 1. The van der Waals surface area contributed by atoms with Gasteiger partial charge in [0.1, 0.15) is 0 Å². The van der Waals surface area contributed by atoms with E-state index in [2.05, 4.69) is 5.32 Å². The summed E-state index contributed by atoms with van der Waals surface area (Å²) in [6.07, 6.45) is 2.57. The smallest absolute Gasteiger partial charge is 0.251 e. The van der Waals surface area contributed by atoms with Gasteiger partial charge in [-0.25, -0.2) is 0 Å². The first kappa shape index (κ1) is 13.1. The highest BCUT2D eigenvalue weighted by atomic mass is 16.3. The lowest BCUT2D eigenvalue weighted by Gasteiger charge is -2.10. The molecule has 1 aliphatic rings. The Morgan fingerprint density at radius 2 is 2.06 bits per heavy atom. The minimum Gasteiger partial charge on any atom is -0.391 e. The second-order valence-electron chi connectivity index (χ2n) is 4.85. The minimum atomic E-state index is -0.398. The predicted molar refractivity (Wildman–Crippen MR) is 70.3 cm³/mol. The van der Waals surface area contributed by atoms with Crippen molar-refractivity contribution >= 4 is 5.91 Å². The van der Waals surface area contributed by atoms with Gasteiger partial charge in [-0.3, -0.25) is 4.79 Å². The third-order valence-corrected chi connectivity index (χ3v) is 3.29. The molecule has 0 spiro atoms. The van der Waals surface area contributed by atoms with Crippen LogP contribution >= 0.6 is 0 Å². The Labute approximate surface area is 107 Å². The molecule has 1 aromatic rings. The second-order valence-corrected chi connectivity index (χ2v) is 4.85. The van der Waals surface area contributed by atoms with Crippen LogP contribution in [0.4, 0.5) is 0 Å². The number of hydrogen-bond donors (Lipinski definition) is 3. The molecule has 1 aliphatic carbocycles. The normalized spacial score (nSPS) is 16.3. The largest absolute Gasteiger partial charge is 0.391 e. The van der Waals surface area contributed by atoms with Crippen molar-refractivity contribution in [2.75, 3.05) is 13.1 Å². The lowest BCUT2D eigenvalue weighted by atomic mass is 10.1. The van der Waals surface area contributed by atoms with Crippen LogP contribution < -0.4 is 11.1 Å². The Hall–Kier alpha value is -1.39. The van der Waals surface area contributed by atoms with Crippen LogP contribution in [0.3, 0.4) is 0 Å². The van der Waals surface area contributed by atoms with Gasteiger partial charge in [0.2, 0.25) is 0 Å². The van der Waals surface area contributed by atoms with Gasteiger partial charge < -0.3 is 16.2 Å². The summed E-state index contributed by atoms with van der Waals surface area (Å²) in [7, 11) is 0. The van der Waals surface area contributed by atoms with Crippen molar-refractivity contribution in [3.05, 3.63) is 35.4 Å². The monoisotopic (exact) mass is 248 g/mol. The van der Waals surface area contributed by atoms with E-state index >= 15 is 0 Å². The summed E-state index contributed by atoms with van der Waals surface area (Å²) in [5, 5.41) is 12.4. The molecule has 4 N–H and O–H groups in total. The molecule has 1 aromatic carbocycles. The number of carbonyl (C=O) groups is 1. The average Bonchev–Trinajstić information content (AvgIpc) is 3.21. The number of carbonyl (C=O) groups excluding carboxylic acids is 1. The van der Waals surface area contributed by atoms with Crippen molar-refractivity contribution in [1.82, 2.24) is 5.32 Å². The molecule has 0 bridgehead atoms.